The van der Waals surface area contributed by atoms with Gasteiger partial charge in [0, 0.05) is 18.8 Å². The van der Waals surface area contributed by atoms with E-state index in [0.29, 0.717) is 37.7 Å². The maximum Gasteiger partial charge on any atom is 0.263 e. The number of amides is 1. The summed E-state index contributed by atoms with van der Waals surface area (Å²) in [7, 11) is -3.70. The molecule has 1 amide bonds. The highest BCUT2D eigenvalue weighted by Crippen LogP contribution is 2.20. The van der Waals surface area contributed by atoms with E-state index in [-0.39, 0.29) is 10.8 Å². The molecule has 1 N–H and O–H groups in total. The number of carbonyl (C=O) groups excluding carboxylic acids is 1. The van der Waals surface area contributed by atoms with Crippen molar-refractivity contribution in [2.24, 2.45) is 0 Å². The van der Waals surface area contributed by atoms with Gasteiger partial charge in [-0.15, -0.1) is 0 Å². The van der Waals surface area contributed by atoms with Crippen LogP contribution in [0.2, 0.25) is 0 Å². The number of aryl methyl sites for hydroxylation is 1. The monoisotopic (exact) mass is 404 g/mol. The van der Waals surface area contributed by atoms with Crippen LogP contribution < -0.4 is 9.46 Å². The van der Waals surface area contributed by atoms with Gasteiger partial charge in [-0.3, -0.25) is 9.52 Å². The number of carbonyl (C=O) groups is 1. The number of hydrogen-bond donors (Lipinski definition) is 1. The minimum Gasteiger partial charge on any atom is -0.481 e. The molecule has 2 aromatic rings. The van der Waals surface area contributed by atoms with Gasteiger partial charge in [0.15, 0.2) is 6.10 Å². The van der Waals surface area contributed by atoms with Crippen molar-refractivity contribution in [3.63, 3.8) is 0 Å². The zero-order chi connectivity index (χ0) is 20.1. The number of anilines is 1. The van der Waals surface area contributed by atoms with Crippen LogP contribution in [0.1, 0.15) is 12.5 Å². The summed E-state index contributed by atoms with van der Waals surface area (Å²) in [6.45, 7) is 5.77. The Labute approximate surface area is 165 Å². The number of ether oxygens (including phenoxy) is 2. The Bertz CT molecular complexity index is 905. The summed E-state index contributed by atoms with van der Waals surface area (Å²) < 4.78 is 38.5. The largest absolute Gasteiger partial charge is 0.481 e. The van der Waals surface area contributed by atoms with Gasteiger partial charge in [-0.25, -0.2) is 8.42 Å². The van der Waals surface area contributed by atoms with Gasteiger partial charge in [-0.1, -0.05) is 17.7 Å². The fourth-order valence-corrected chi connectivity index (χ4v) is 3.89. The predicted octanol–water partition coefficient (Wildman–Crippen LogP) is 2.42. The normalized spacial score (nSPS) is 15.7. The number of nitrogens with zero attached hydrogens (tertiary/aromatic N) is 1. The van der Waals surface area contributed by atoms with Gasteiger partial charge < -0.3 is 14.4 Å². The van der Waals surface area contributed by atoms with Crippen molar-refractivity contribution < 1.29 is 22.7 Å². The first kappa shape index (κ1) is 20.2. The van der Waals surface area contributed by atoms with Crippen molar-refractivity contribution >= 4 is 21.6 Å². The van der Waals surface area contributed by atoms with E-state index in [1.165, 1.54) is 12.1 Å². The quantitative estimate of drug-likeness (QED) is 0.799. The second-order valence-corrected chi connectivity index (χ2v) is 8.32. The summed E-state index contributed by atoms with van der Waals surface area (Å²) in [4.78, 5) is 14.2. The molecule has 1 aliphatic rings. The summed E-state index contributed by atoms with van der Waals surface area (Å²) >= 11 is 0. The van der Waals surface area contributed by atoms with Crippen molar-refractivity contribution in [3.05, 3.63) is 54.1 Å². The topological polar surface area (TPSA) is 84.9 Å². The van der Waals surface area contributed by atoms with Gasteiger partial charge in [-0.05, 0) is 50.2 Å². The number of sulfonamides is 1. The van der Waals surface area contributed by atoms with E-state index in [1.807, 2.05) is 19.1 Å². The van der Waals surface area contributed by atoms with Crippen LogP contribution in [0.4, 0.5) is 5.69 Å². The molecular formula is C20H24N2O5S. The van der Waals surface area contributed by atoms with Crippen LogP contribution in [0.3, 0.4) is 0 Å². The molecule has 0 aromatic heterocycles. The lowest BCUT2D eigenvalue weighted by Crippen LogP contribution is -2.46. The number of nitrogens with one attached hydrogen (secondary N) is 1. The fourth-order valence-electron chi connectivity index (χ4n) is 2.83. The summed E-state index contributed by atoms with van der Waals surface area (Å²) in [6, 6.07) is 13.1. The fraction of sp³-hybridized carbons (Fsp3) is 0.350. The van der Waals surface area contributed by atoms with Gasteiger partial charge in [-0.2, -0.15) is 0 Å². The molecule has 1 saturated heterocycles. The Hall–Kier alpha value is -2.58. The third-order valence-corrected chi connectivity index (χ3v) is 5.82. The lowest BCUT2D eigenvalue weighted by atomic mass is 10.2. The van der Waals surface area contributed by atoms with Crippen molar-refractivity contribution in [2.75, 3.05) is 31.0 Å². The Morgan fingerprint density at radius 3 is 2.29 bits per heavy atom. The maximum atomic E-state index is 12.5. The zero-order valence-electron chi connectivity index (χ0n) is 15.9. The maximum absolute atomic E-state index is 12.5. The molecule has 2 aromatic carbocycles. The van der Waals surface area contributed by atoms with E-state index in [9.17, 15) is 13.2 Å². The van der Waals surface area contributed by atoms with Gasteiger partial charge in [0.1, 0.15) is 5.75 Å². The molecule has 150 valence electrons. The van der Waals surface area contributed by atoms with Crippen molar-refractivity contribution in [1.82, 2.24) is 4.90 Å². The van der Waals surface area contributed by atoms with E-state index in [1.54, 1.807) is 36.1 Å². The van der Waals surface area contributed by atoms with Crippen LogP contribution in [0.15, 0.2) is 53.4 Å². The highest BCUT2D eigenvalue weighted by molar-refractivity contribution is 7.92. The molecule has 0 aliphatic carbocycles. The molecule has 7 nitrogen and oxygen atoms in total. The molecule has 1 atom stereocenters. The first-order valence-corrected chi connectivity index (χ1v) is 10.6. The first-order chi connectivity index (χ1) is 13.3. The Morgan fingerprint density at radius 2 is 1.68 bits per heavy atom. The molecule has 3 rings (SSSR count). The van der Waals surface area contributed by atoms with Crippen molar-refractivity contribution in [2.45, 2.75) is 24.8 Å². The summed E-state index contributed by atoms with van der Waals surface area (Å²) in [5, 5.41) is 0. The van der Waals surface area contributed by atoms with Gasteiger partial charge in [0.25, 0.3) is 15.9 Å². The molecule has 8 heteroatoms. The molecular weight excluding hydrogens is 380 g/mol. The van der Waals surface area contributed by atoms with E-state index in [0.717, 1.165) is 5.56 Å². The van der Waals surface area contributed by atoms with Crippen molar-refractivity contribution in [1.29, 1.82) is 0 Å². The van der Waals surface area contributed by atoms with E-state index in [4.69, 9.17) is 9.47 Å². The SMILES string of the molecule is Cc1ccc(NS(=O)(=O)c2ccc(O[C@H](C)C(=O)N3CCOCC3)cc2)cc1. The second kappa shape index (κ2) is 8.62. The predicted molar refractivity (Wildman–Crippen MR) is 106 cm³/mol. The first-order valence-electron chi connectivity index (χ1n) is 9.08. The second-order valence-electron chi connectivity index (χ2n) is 6.64. The zero-order valence-corrected chi connectivity index (χ0v) is 16.7. The van der Waals surface area contributed by atoms with Crippen molar-refractivity contribution in [3.8, 4) is 5.75 Å². The van der Waals surface area contributed by atoms with Crippen LogP contribution in [0.5, 0.6) is 5.75 Å². The molecule has 0 spiro atoms. The molecule has 0 radical (unpaired) electrons. The Morgan fingerprint density at radius 1 is 1.07 bits per heavy atom. The Balaban J connectivity index is 1.63. The van der Waals surface area contributed by atoms with Crippen LogP contribution in [-0.4, -0.2) is 51.6 Å². The van der Waals surface area contributed by atoms with E-state index < -0.39 is 16.1 Å². The van der Waals surface area contributed by atoms with Crippen LogP contribution in [0.25, 0.3) is 0 Å². The lowest BCUT2D eigenvalue weighted by molar-refractivity contribution is -0.142. The summed E-state index contributed by atoms with van der Waals surface area (Å²) in [6.07, 6.45) is -0.661. The van der Waals surface area contributed by atoms with Gasteiger partial charge in [0.05, 0.1) is 18.1 Å². The average molecular weight is 404 g/mol. The standard InChI is InChI=1S/C20H24N2O5S/c1-15-3-5-17(6-4-15)21-28(24,25)19-9-7-18(8-10-19)27-16(2)20(23)22-11-13-26-14-12-22/h3-10,16,21H,11-14H2,1-2H3/t16-/m1/s1. The Kier molecular flexibility index (Phi) is 6.21. The molecule has 0 unspecified atom stereocenters. The summed E-state index contributed by atoms with van der Waals surface area (Å²) in [5.74, 6) is 0.324. The third kappa shape index (κ3) is 5.02. The van der Waals surface area contributed by atoms with E-state index in [2.05, 4.69) is 4.72 Å². The minimum absolute atomic E-state index is 0.110. The van der Waals surface area contributed by atoms with Gasteiger partial charge >= 0.3 is 0 Å². The third-order valence-electron chi connectivity index (χ3n) is 4.42. The number of rotatable bonds is 6. The van der Waals surface area contributed by atoms with Crippen LogP contribution in [-0.2, 0) is 19.6 Å². The molecule has 0 saturated carbocycles. The van der Waals surface area contributed by atoms with Gasteiger partial charge in [0.2, 0.25) is 0 Å². The molecule has 0 bridgehead atoms. The number of morpholine rings is 1. The highest BCUT2D eigenvalue weighted by Gasteiger charge is 2.24. The van der Waals surface area contributed by atoms with Crippen LogP contribution >= 0.6 is 0 Å². The minimum atomic E-state index is -3.70. The molecule has 1 aliphatic heterocycles. The molecule has 1 fully saturated rings. The highest BCUT2D eigenvalue weighted by atomic mass is 32.2. The number of benzene rings is 2. The van der Waals surface area contributed by atoms with Crippen LogP contribution in [0, 0.1) is 6.92 Å². The molecule has 28 heavy (non-hydrogen) atoms. The lowest BCUT2D eigenvalue weighted by Gasteiger charge is -2.29. The number of hydrogen-bond acceptors (Lipinski definition) is 5. The summed E-state index contributed by atoms with van der Waals surface area (Å²) in [5.41, 5.74) is 1.54. The van der Waals surface area contributed by atoms with E-state index >= 15 is 0 Å². The smallest absolute Gasteiger partial charge is 0.263 e. The average Bonchev–Trinajstić information content (AvgIpc) is 2.70. The molecule has 1 heterocycles.